The molecule has 1 aromatic carbocycles. The molecule has 1 rings (SSSR count). The number of benzene rings is 1. The number of ketones is 1. The Morgan fingerprint density at radius 2 is 1.87 bits per heavy atom. The fraction of sp³-hybridized carbons (Fsp3) is 0.462. The molecule has 0 saturated carbocycles. The molecule has 84 valence electrons. The molecule has 0 N–H and O–H groups in total. The number of carbonyl (C=O) groups excluding carboxylic acids is 1. The quantitative estimate of drug-likeness (QED) is 0.710. The number of carbonyl (C=O) groups is 1. The molecule has 0 atom stereocenters. The van der Waals surface area contributed by atoms with Crippen LogP contribution in [0.3, 0.4) is 0 Å². The van der Waals surface area contributed by atoms with Crippen molar-refractivity contribution in [3.63, 3.8) is 0 Å². The molecule has 0 unspecified atom stereocenters. The summed E-state index contributed by atoms with van der Waals surface area (Å²) in [7, 11) is 4.03. The van der Waals surface area contributed by atoms with Crippen LogP contribution >= 0.6 is 0 Å². The van der Waals surface area contributed by atoms with Crippen molar-refractivity contribution in [1.82, 2.24) is 4.90 Å². The van der Waals surface area contributed by atoms with Crippen LogP contribution in [0.15, 0.2) is 24.3 Å². The molecule has 0 bridgehead atoms. The minimum absolute atomic E-state index is 0.126. The molecule has 0 fully saturated rings. The first-order chi connectivity index (χ1) is 7.09. The van der Waals surface area contributed by atoms with Crippen molar-refractivity contribution in [3.8, 4) is 0 Å². The lowest BCUT2D eigenvalue weighted by atomic mass is 10.1. The summed E-state index contributed by atoms with van der Waals surface area (Å²) in [6, 6.07) is 7.76. The van der Waals surface area contributed by atoms with E-state index in [-0.39, 0.29) is 5.78 Å². The molecule has 2 heteroatoms. The summed E-state index contributed by atoms with van der Waals surface area (Å²) in [4.78, 5) is 13.2. The molecule has 2 nitrogen and oxygen atoms in total. The Morgan fingerprint density at radius 3 is 2.33 bits per heavy atom. The summed E-state index contributed by atoms with van der Waals surface area (Å²) in [6.45, 7) is 6.47. The van der Waals surface area contributed by atoms with E-state index in [9.17, 15) is 4.79 Å². The average Bonchev–Trinajstić information content (AvgIpc) is 2.20. The summed E-state index contributed by atoms with van der Waals surface area (Å²) in [6.07, 6.45) is 0. The van der Waals surface area contributed by atoms with Crippen molar-refractivity contribution in [3.05, 3.63) is 35.4 Å². The van der Waals surface area contributed by atoms with Gasteiger partial charge in [0.1, 0.15) is 0 Å². The summed E-state index contributed by atoms with van der Waals surface area (Å²) in [5.74, 6) is 0.126. The second-order valence-corrected chi connectivity index (χ2v) is 3.49. The van der Waals surface area contributed by atoms with Crippen LogP contribution in [0.4, 0.5) is 0 Å². The first-order valence-electron chi connectivity index (χ1n) is 5.34. The van der Waals surface area contributed by atoms with Gasteiger partial charge in [0.25, 0.3) is 0 Å². The molecule has 0 aliphatic rings. The monoisotopic (exact) mass is 207 g/mol. The molecule has 1 aromatic rings. The average molecular weight is 207 g/mol. The number of rotatable bonds is 3. The Balaban J connectivity index is 0.000000921. The standard InChI is InChI=1S/C11H15NO.C2H6/c1-9(13)11-6-4-5-10(7-11)8-12(2)3;1-2/h4-7H,8H2,1-3H3;1-2H3. The zero-order chi connectivity index (χ0) is 11.8. The van der Waals surface area contributed by atoms with Crippen molar-refractivity contribution >= 4 is 5.78 Å². The van der Waals surface area contributed by atoms with Gasteiger partial charge in [0.05, 0.1) is 0 Å². The highest BCUT2D eigenvalue weighted by Gasteiger charge is 2.00. The molecule has 0 aromatic heterocycles. The maximum atomic E-state index is 11.1. The fourth-order valence-electron chi connectivity index (χ4n) is 1.25. The van der Waals surface area contributed by atoms with Gasteiger partial charge in [-0.15, -0.1) is 0 Å². The second-order valence-electron chi connectivity index (χ2n) is 3.49. The topological polar surface area (TPSA) is 20.3 Å². The molecule has 0 aliphatic heterocycles. The van der Waals surface area contributed by atoms with E-state index in [1.54, 1.807) is 6.92 Å². The van der Waals surface area contributed by atoms with Gasteiger partial charge in [-0.2, -0.15) is 0 Å². The SMILES string of the molecule is CC.CC(=O)c1cccc(CN(C)C)c1. The van der Waals surface area contributed by atoms with E-state index in [1.165, 1.54) is 5.56 Å². The van der Waals surface area contributed by atoms with E-state index < -0.39 is 0 Å². The van der Waals surface area contributed by atoms with Gasteiger partial charge >= 0.3 is 0 Å². The molecule has 15 heavy (non-hydrogen) atoms. The van der Waals surface area contributed by atoms with Gasteiger partial charge in [0.15, 0.2) is 5.78 Å². The highest BCUT2D eigenvalue weighted by molar-refractivity contribution is 5.94. The molecule has 0 amide bonds. The van der Waals surface area contributed by atoms with Gasteiger partial charge in [-0.1, -0.05) is 32.0 Å². The fourth-order valence-corrected chi connectivity index (χ4v) is 1.25. The zero-order valence-electron chi connectivity index (χ0n) is 10.4. The maximum absolute atomic E-state index is 11.1. The van der Waals surface area contributed by atoms with Crippen LogP contribution in [0.2, 0.25) is 0 Å². The minimum atomic E-state index is 0.126. The summed E-state index contributed by atoms with van der Waals surface area (Å²) in [5.41, 5.74) is 1.97. The predicted octanol–water partition coefficient (Wildman–Crippen LogP) is 2.98. The van der Waals surface area contributed by atoms with Crippen LogP contribution in [-0.4, -0.2) is 24.8 Å². The van der Waals surface area contributed by atoms with E-state index in [0.29, 0.717) is 0 Å². The van der Waals surface area contributed by atoms with Crippen LogP contribution in [0, 0.1) is 0 Å². The van der Waals surface area contributed by atoms with Crippen molar-refractivity contribution < 1.29 is 4.79 Å². The van der Waals surface area contributed by atoms with Crippen LogP contribution < -0.4 is 0 Å². The van der Waals surface area contributed by atoms with Crippen LogP contribution in [0.1, 0.15) is 36.7 Å². The van der Waals surface area contributed by atoms with E-state index in [2.05, 4.69) is 4.90 Å². The minimum Gasteiger partial charge on any atom is -0.305 e. The van der Waals surface area contributed by atoms with Gasteiger partial charge in [-0.05, 0) is 32.6 Å². The Bertz CT molecular complexity index is 305. The van der Waals surface area contributed by atoms with E-state index in [0.717, 1.165) is 12.1 Å². The van der Waals surface area contributed by atoms with Crippen molar-refractivity contribution in [2.45, 2.75) is 27.3 Å². The van der Waals surface area contributed by atoms with Gasteiger partial charge in [-0.3, -0.25) is 4.79 Å². The van der Waals surface area contributed by atoms with Crippen LogP contribution in [-0.2, 0) is 6.54 Å². The lowest BCUT2D eigenvalue weighted by Crippen LogP contribution is -2.10. The molecule has 0 saturated heterocycles. The third-order valence-electron chi connectivity index (χ3n) is 1.83. The lowest BCUT2D eigenvalue weighted by Gasteiger charge is -2.09. The molecule has 0 heterocycles. The van der Waals surface area contributed by atoms with E-state index in [1.807, 2.05) is 52.2 Å². The number of hydrogen-bond donors (Lipinski definition) is 0. The predicted molar refractivity (Wildman–Crippen MR) is 65.2 cm³/mol. The highest BCUT2D eigenvalue weighted by Crippen LogP contribution is 2.07. The van der Waals surface area contributed by atoms with Crippen molar-refractivity contribution in [2.75, 3.05) is 14.1 Å². The first-order valence-corrected chi connectivity index (χ1v) is 5.34. The number of nitrogens with zero attached hydrogens (tertiary/aromatic N) is 1. The van der Waals surface area contributed by atoms with Crippen LogP contribution in [0.5, 0.6) is 0 Å². The number of hydrogen-bond acceptors (Lipinski definition) is 2. The third kappa shape index (κ3) is 5.33. The summed E-state index contributed by atoms with van der Waals surface area (Å²) < 4.78 is 0. The Hall–Kier alpha value is -1.15. The maximum Gasteiger partial charge on any atom is 0.159 e. The van der Waals surface area contributed by atoms with Gasteiger partial charge in [0.2, 0.25) is 0 Å². The van der Waals surface area contributed by atoms with E-state index in [4.69, 9.17) is 0 Å². The largest absolute Gasteiger partial charge is 0.305 e. The van der Waals surface area contributed by atoms with Crippen molar-refractivity contribution in [2.24, 2.45) is 0 Å². The second kappa shape index (κ2) is 7.18. The van der Waals surface area contributed by atoms with Crippen molar-refractivity contribution in [1.29, 1.82) is 0 Å². The molecule has 0 spiro atoms. The molecular formula is C13H21NO. The van der Waals surface area contributed by atoms with Gasteiger partial charge in [-0.25, -0.2) is 0 Å². The molecular weight excluding hydrogens is 186 g/mol. The Kier molecular flexibility index (Phi) is 6.63. The van der Waals surface area contributed by atoms with Gasteiger partial charge < -0.3 is 4.90 Å². The van der Waals surface area contributed by atoms with Gasteiger partial charge in [0, 0.05) is 12.1 Å². The summed E-state index contributed by atoms with van der Waals surface area (Å²) in [5, 5.41) is 0. The van der Waals surface area contributed by atoms with Crippen LogP contribution in [0.25, 0.3) is 0 Å². The first kappa shape index (κ1) is 13.8. The Labute approximate surface area is 92.9 Å². The summed E-state index contributed by atoms with van der Waals surface area (Å²) >= 11 is 0. The lowest BCUT2D eigenvalue weighted by molar-refractivity contribution is 0.101. The van der Waals surface area contributed by atoms with E-state index >= 15 is 0 Å². The number of Topliss-reactive ketones (excluding diaryl/α,β-unsaturated/α-hetero) is 1. The highest BCUT2D eigenvalue weighted by atomic mass is 16.1. The third-order valence-corrected chi connectivity index (χ3v) is 1.83. The molecule has 0 radical (unpaired) electrons. The normalized spacial score (nSPS) is 9.47. The Morgan fingerprint density at radius 1 is 1.27 bits per heavy atom. The molecule has 0 aliphatic carbocycles. The zero-order valence-corrected chi connectivity index (χ0v) is 10.4. The smallest absolute Gasteiger partial charge is 0.159 e.